The molecule has 27 heavy (non-hydrogen) atoms. The number of pyridine rings is 1. The van der Waals surface area contributed by atoms with Crippen LogP contribution in [0.25, 0.3) is 10.9 Å². The average molecular weight is 370 g/mol. The lowest BCUT2D eigenvalue weighted by molar-refractivity contribution is 0.0325. The van der Waals surface area contributed by atoms with Crippen molar-refractivity contribution in [2.45, 2.75) is 25.0 Å². The molecule has 0 spiro atoms. The normalized spacial score (nSPS) is 21.4. The van der Waals surface area contributed by atoms with E-state index in [-0.39, 0.29) is 0 Å². The Balaban J connectivity index is 1.23. The number of hydrogen-bond donors (Lipinski definition) is 2. The molecule has 0 unspecified atom stereocenters. The quantitative estimate of drug-likeness (QED) is 0.800. The van der Waals surface area contributed by atoms with Crippen LogP contribution < -0.4 is 10.1 Å². The number of fused-ring (bicyclic) bond motifs is 1. The SMILES string of the molecule is O[C@@H](COc1ccnc2ccccc12)CN1CCN(C2CCNCC2)CC1. The molecule has 146 valence electrons. The number of β-amino-alcohol motifs (C(OH)–C–C–N with tert-alkyl or cyclic N) is 1. The van der Waals surface area contributed by atoms with Gasteiger partial charge in [-0.2, -0.15) is 0 Å². The molecule has 2 fully saturated rings. The number of aromatic nitrogens is 1. The molecule has 2 N–H and O–H groups in total. The number of rotatable bonds is 6. The summed E-state index contributed by atoms with van der Waals surface area (Å²) in [5.41, 5.74) is 0.915. The van der Waals surface area contributed by atoms with Crippen LogP contribution in [0.1, 0.15) is 12.8 Å². The van der Waals surface area contributed by atoms with Crippen molar-refractivity contribution < 1.29 is 9.84 Å². The molecule has 4 rings (SSSR count). The van der Waals surface area contributed by atoms with E-state index in [0.717, 1.165) is 62.0 Å². The summed E-state index contributed by atoms with van der Waals surface area (Å²) in [4.78, 5) is 9.33. The fourth-order valence-electron chi connectivity index (χ4n) is 4.22. The summed E-state index contributed by atoms with van der Waals surface area (Å²) >= 11 is 0. The molecule has 2 aliphatic heterocycles. The van der Waals surface area contributed by atoms with Crippen LogP contribution in [-0.4, -0.2) is 84.5 Å². The van der Waals surface area contributed by atoms with Crippen LogP contribution in [-0.2, 0) is 0 Å². The minimum atomic E-state index is -0.484. The monoisotopic (exact) mass is 370 g/mol. The molecule has 1 aromatic heterocycles. The van der Waals surface area contributed by atoms with Gasteiger partial charge in [0.15, 0.2) is 0 Å². The smallest absolute Gasteiger partial charge is 0.130 e. The molecule has 0 saturated carbocycles. The number of para-hydroxylation sites is 1. The number of benzene rings is 1. The Bertz CT molecular complexity index is 722. The number of ether oxygens (including phenoxy) is 1. The molecule has 1 atom stereocenters. The first-order valence-corrected chi connectivity index (χ1v) is 10.1. The number of piperidine rings is 1. The third-order valence-corrected chi connectivity index (χ3v) is 5.74. The molecule has 0 amide bonds. The zero-order chi connectivity index (χ0) is 18.5. The Hall–Kier alpha value is -1.73. The van der Waals surface area contributed by atoms with Crippen LogP contribution in [0, 0.1) is 0 Å². The minimum absolute atomic E-state index is 0.308. The van der Waals surface area contributed by atoms with Gasteiger partial charge in [0.25, 0.3) is 0 Å². The maximum absolute atomic E-state index is 10.4. The Morgan fingerprint density at radius 1 is 1.11 bits per heavy atom. The van der Waals surface area contributed by atoms with Crippen molar-refractivity contribution in [3.8, 4) is 5.75 Å². The lowest BCUT2D eigenvalue weighted by Crippen LogP contribution is -2.54. The highest BCUT2D eigenvalue weighted by Crippen LogP contribution is 2.23. The van der Waals surface area contributed by atoms with Crippen molar-refractivity contribution in [2.75, 3.05) is 52.4 Å². The standard InChI is InChI=1S/C21H30N4O2/c26-18(16-27-21-7-10-23-20-4-2-1-3-19(20)21)15-24-11-13-25(14-12-24)17-5-8-22-9-6-17/h1-4,7,10,17-18,22,26H,5-6,8-9,11-16H2/t18-/m1/s1. The van der Waals surface area contributed by atoms with E-state index in [0.29, 0.717) is 13.2 Å². The topological polar surface area (TPSA) is 60.9 Å². The molecular weight excluding hydrogens is 340 g/mol. The number of aliphatic hydroxyl groups is 1. The highest BCUT2D eigenvalue weighted by Gasteiger charge is 2.25. The summed E-state index contributed by atoms with van der Waals surface area (Å²) in [6.07, 6.45) is 3.79. The van der Waals surface area contributed by atoms with Crippen LogP contribution in [0.2, 0.25) is 0 Å². The Morgan fingerprint density at radius 2 is 1.89 bits per heavy atom. The van der Waals surface area contributed by atoms with Crippen molar-refractivity contribution in [3.05, 3.63) is 36.5 Å². The van der Waals surface area contributed by atoms with Crippen LogP contribution in [0.4, 0.5) is 0 Å². The third-order valence-electron chi connectivity index (χ3n) is 5.74. The van der Waals surface area contributed by atoms with Gasteiger partial charge in [-0.05, 0) is 44.1 Å². The predicted octanol–water partition coefficient (Wildman–Crippen LogP) is 1.34. The molecule has 0 aliphatic carbocycles. The van der Waals surface area contributed by atoms with Gasteiger partial charge in [0.1, 0.15) is 18.5 Å². The first-order chi connectivity index (χ1) is 13.3. The molecule has 2 aromatic rings. The Morgan fingerprint density at radius 3 is 2.70 bits per heavy atom. The van der Waals surface area contributed by atoms with Crippen molar-refractivity contribution in [1.82, 2.24) is 20.1 Å². The van der Waals surface area contributed by atoms with Crippen LogP contribution in [0.5, 0.6) is 5.75 Å². The molecule has 0 radical (unpaired) electrons. The maximum Gasteiger partial charge on any atom is 0.130 e. The maximum atomic E-state index is 10.4. The average Bonchev–Trinajstić information content (AvgIpc) is 2.73. The van der Waals surface area contributed by atoms with Crippen LogP contribution >= 0.6 is 0 Å². The van der Waals surface area contributed by atoms with Gasteiger partial charge in [0, 0.05) is 50.3 Å². The van der Waals surface area contributed by atoms with Gasteiger partial charge in [-0.1, -0.05) is 12.1 Å². The van der Waals surface area contributed by atoms with Gasteiger partial charge in [-0.25, -0.2) is 0 Å². The zero-order valence-electron chi connectivity index (χ0n) is 15.9. The molecule has 0 bridgehead atoms. The first-order valence-electron chi connectivity index (χ1n) is 10.1. The summed E-state index contributed by atoms with van der Waals surface area (Å²) in [6, 6.07) is 10.5. The summed E-state index contributed by atoms with van der Waals surface area (Å²) in [7, 11) is 0. The van der Waals surface area contributed by atoms with Gasteiger partial charge >= 0.3 is 0 Å². The van der Waals surface area contributed by atoms with E-state index in [1.54, 1.807) is 6.20 Å². The summed E-state index contributed by atoms with van der Waals surface area (Å²) in [5, 5.41) is 14.9. The fraction of sp³-hybridized carbons (Fsp3) is 0.571. The summed E-state index contributed by atoms with van der Waals surface area (Å²) in [5.74, 6) is 0.787. The van der Waals surface area contributed by atoms with Gasteiger partial charge in [0.2, 0.25) is 0 Å². The number of nitrogens with zero attached hydrogens (tertiary/aromatic N) is 3. The number of aliphatic hydroxyl groups excluding tert-OH is 1. The molecular formula is C21H30N4O2. The highest BCUT2D eigenvalue weighted by molar-refractivity contribution is 5.84. The van der Waals surface area contributed by atoms with E-state index < -0.39 is 6.10 Å². The molecule has 1 aromatic carbocycles. The number of hydrogen-bond acceptors (Lipinski definition) is 6. The zero-order valence-corrected chi connectivity index (χ0v) is 15.9. The summed E-state index contributed by atoms with van der Waals surface area (Å²) < 4.78 is 5.90. The molecule has 2 aliphatic rings. The second-order valence-electron chi connectivity index (χ2n) is 7.61. The van der Waals surface area contributed by atoms with Crippen molar-refractivity contribution >= 4 is 10.9 Å². The Labute approximate surface area is 161 Å². The number of piperazine rings is 1. The largest absolute Gasteiger partial charge is 0.490 e. The lowest BCUT2D eigenvalue weighted by Gasteiger charge is -2.41. The van der Waals surface area contributed by atoms with Gasteiger partial charge in [-0.15, -0.1) is 0 Å². The van der Waals surface area contributed by atoms with E-state index >= 15 is 0 Å². The van der Waals surface area contributed by atoms with E-state index in [2.05, 4.69) is 20.1 Å². The van der Waals surface area contributed by atoms with Crippen molar-refractivity contribution in [1.29, 1.82) is 0 Å². The second kappa shape index (κ2) is 8.97. The van der Waals surface area contributed by atoms with E-state index in [1.807, 2.05) is 30.3 Å². The van der Waals surface area contributed by atoms with Gasteiger partial charge < -0.3 is 15.2 Å². The molecule has 3 heterocycles. The Kier molecular flexibility index (Phi) is 6.19. The van der Waals surface area contributed by atoms with Crippen LogP contribution in [0.3, 0.4) is 0 Å². The molecule has 2 saturated heterocycles. The van der Waals surface area contributed by atoms with E-state index in [4.69, 9.17) is 4.74 Å². The minimum Gasteiger partial charge on any atom is -0.490 e. The molecule has 6 heteroatoms. The summed E-state index contributed by atoms with van der Waals surface area (Å²) in [6.45, 7) is 7.53. The van der Waals surface area contributed by atoms with Crippen molar-refractivity contribution in [2.24, 2.45) is 0 Å². The van der Waals surface area contributed by atoms with E-state index in [1.165, 1.54) is 12.8 Å². The molecule has 6 nitrogen and oxygen atoms in total. The van der Waals surface area contributed by atoms with Gasteiger partial charge in [0.05, 0.1) is 5.52 Å². The second-order valence-corrected chi connectivity index (χ2v) is 7.61. The van der Waals surface area contributed by atoms with Crippen molar-refractivity contribution in [3.63, 3.8) is 0 Å². The third kappa shape index (κ3) is 4.76. The lowest BCUT2D eigenvalue weighted by atomic mass is 10.0. The fourth-order valence-corrected chi connectivity index (χ4v) is 4.22. The first kappa shape index (κ1) is 18.6. The van der Waals surface area contributed by atoms with Gasteiger partial charge in [-0.3, -0.25) is 14.8 Å². The highest BCUT2D eigenvalue weighted by atomic mass is 16.5. The predicted molar refractivity (Wildman–Crippen MR) is 107 cm³/mol. The van der Waals surface area contributed by atoms with E-state index in [9.17, 15) is 5.11 Å². The van der Waals surface area contributed by atoms with Crippen LogP contribution in [0.15, 0.2) is 36.5 Å². The number of nitrogens with one attached hydrogen (secondary N) is 1.